The van der Waals surface area contributed by atoms with Crippen molar-refractivity contribution >= 4 is 38.2 Å². The SMILES string of the molecule is Cc1cc(S(=O)(=O)C2CCCC2)c(C(CC2CCCCC2)C(=O)Nc2nccs2)c(=O)[nH]1.O=C(O)C(F)(F)F. The van der Waals surface area contributed by atoms with Crippen LogP contribution in [-0.2, 0) is 19.4 Å². The molecule has 2 saturated carbocycles. The number of carbonyl (C=O) groups is 2. The fourth-order valence-electron chi connectivity index (χ4n) is 5.20. The lowest BCUT2D eigenvalue weighted by Crippen LogP contribution is -2.33. The number of halogens is 3. The quantitative estimate of drug-likeness (QED) is 0.402. The number of aromatic amines is 1. The summed E-state index contributed by atoms with van der Waals surface area (Å²) >= 11 is 1.30. The molecule has 0 aromatic carbocycles. The van der Waals surface area contributed by atoms with Crippen molar-refractivity contribution in [3.8, 4) is 0 Å². The molecule has 2 fully saturated rings. The van der Waals surface area contributed by atoms with Crippen molar-refractivity contribution in [2.24, 2.45) is 5.92 Å². The van der Waals surface area contributed by atoms with Gasteiger partial charge in [-0.05, 0) is 38.2 Å². The minimum Gasteiger partial charge on any atom is -0.475 e. The number of thiazole rings is 1. The summed E-state index contributed by atoms with van der Waals surface area (Å²) in [7, 11) is -3.71. The van der Waals surface area contributed by atoms with Crippen LogP contribution in [0.25, 0.3) is 0 Å². The highest BCUT2D eigenvalue weighted by Crippen LogP contribution is 2.37. The van der Waals surface area contributed by atoms with E-state index in [1.54, 1.807) is 24.6 Å². The van der Waals surface area contributed by atoms with Crippen LogP contribution in [0.4, 0.5) is 18.3 Å². The number of aromatic nitrogens is 2. The highest BCUT2D eigenvalue weighted by molar-refractivity contribution is 7.92. The lowest BCUT2D eigenvalue weighted by molar-refractivity contribution is -0.192. The number of rotatable bonds is 7. The molecule has 0 aliphatic heterocycles. The van der Waals surface area contributed by atoms with E-state index in [-0.39, 0.29) is 16.4 Å². The Morgan fingerprint density at radius 3 is 2.28 bits per heavy atom. The number of hydrogen-bond acceptors (Lipinski definition) is 7. The topological polar surface area (TPSA) is 146 Å². The molecule has 14 heteroatoms. The van der Waals surface area contributed by atoms with Crippen LogP contribution in [0.1, 0.15) is 81.4 Å². The molecule has 0 radical (unpaired) electrons. The number of nitrogens with one attached hydrogen (secondary N) is 2. The number of carbonyl (C=O) groups excluding carboxylic acids is 1. The number of H-pyrrole nitrogens is 1. The molecule has 216 valence electrons. The Balaban J connectivity index is 0.000000532. The van der Waals surface area contributed by atoms with Gasteiger partial charge in [-0.1, -0.05) is 44.9 Å². The minimum atomic E-state index is -5.08. The van der Waals surface area contributed by atoms with Gasteiger partial charge in [0.05, 0.1) is 16.1 Å². The Hall–Kier alpha value is -2.74. The first kappa shape index (κ1) is 30.8. The third kappa shape index (κ3) is 8.13. The van der Waals surface area contributed by atoms with Crippen molar-refractivity contribution in [1.82, 2.24) is 9.97 Å². The number of sulfone groups is 1. The monoisotopic (exact) mass is 591 g/mol. The number of amides is 1. The minimum absolute atomic E-state index is 0.0424. The molecular weight excluding hydrogens is 559 g/mol. The van der Waals surface area contributed by atoms with Crippen LogP contribution in [0.5, 0.6) is 0 Å². The Labute approximate surface area is 228 Å². The molecule has 1 atom stereocenters. The summed E-state index contributed by atoms with van der Waals surface area (Å²) in [5, 5.41) is 11.7. The number of hydrogen-bond donors (Lipinski definition) is 3. The molecule has 2 aliphatic rings. The maximum absolute atomic E-state index is 13.6. The Morgan fingerprint density at radius 2 is 1.74 bits per heavy atom. The van der Waals surface area contributed by atoms with Crippen molar-refractivity contribution in [2.75, 3.05) is 5.32 Å². The average Bonchev–Trinajstić information content (AvgIpc) is 3.58. The molecule has 39 heavy (non-hydrogen) atoms. The molecule has 0 saturated heterocycles. The summed E-state index contributed by atoms with van der Waals surface area (Å²) in [6.45, 7) is 1.69. The van der Waals surface area contributed by atoms with Crippen LogP contribution < -0.4 is 10.9 Å². The Morgan fingerprint density at radius 1 is 1.15 bits per heavy atom. The van der Waals surface area contributed by atoms with Crippen LogP contribution >= 0.6 is 11.3 Å². The van der Waals surface area contributed by atoms with Gasteiger partial charge < -0.3 is 15.4 Å². The maximum atomic E-state index is 13.6. The van der Waals surface area contributed by atoms with Crippen molar-refractivity contribution in [1.29, 1.82) is 0 Å². The number of anilines is 1. The number of carboxylic acids is 1. The zero-order chi connectivity index (χ0) is 28.8. The van der Waals surface area contributed by atoms with Gasteiger partial charge in [0.25, 0.3) is 5.56 Å². The van der Waals surface area contributed by atoms with Gasteiger partial charge in [0.2, 0.25) is 5.91 Å². The van der Waals surface area contributed by atoms with Crippen LogP contribution in [0.2, 0.25) is 0 Å². The van der Waals surface area contributed by atoms with Crippen LogP contribution in [-0.4, -0.2) is 46.8 Å². The van der Waals surface area contributed by atoms with E-state index < -0.39 is 38.7 Å². The fourth-order valence-corrected chi connectivity index (χ4v) is 7.93. The molecule has 3 N–H and O–H groups in total. The fraction of sp³-hybridized carbons (Fsp3) is 0.600. The van der Waals surface area contributed by atoms with E-state index in [4.69, 9.17) is 9.90 Å². The summed E-state index contributed by atoms with van der Waals surface area (Å²) in [6, 6.07) is 1.55. The van der Waals surface area contributed by atoms with E-state index in [0.29, 0.717) is 36.0 Å². The number of carboxylic acid groups (broad SMARTS) is 1. The zero-order valence-electron chi connectivity index (χ0n) is 21.4. The summed E-state index contributed by atoms with van der Waals surface area (Å²) < 4.78 is 58.9. The summed E-state index contributed by atoms with van der Waals surface area (Å²) in [6.07, 6.45) is 5.31. The largest absolute Gasteiger partial charge is 0.490 e. The van der Waals surface area contributed by atoms with Crippen LogP contribution in [0.3, 0.4) is 0 Å². The van der Waals surface area contributed by atoms with Gasteiger partial charge in [-0.3, -0.25) is 9.59 Å². The van der Waals surface area contributed by atoms with E-state index in [9.17, 15) is 31.2 Å². The lowest BCUT2D eigenvalue weighted by atomic mass is 9.80. The molecular formula is C25H32F3N3O6S2. The summed E-state index contributed by atoms with van der Waals surface area (Å²) in [5.41, 5.74) is 0.117. The van der Waals surface area contributed by atoms with Gasteiger partial charge in [-0.25, -0.2) is 18.2 Å². The second kappa shape index (κ2) is 13.1. The standard InChI is InChI=1S/C23H31N3O4S2.C2HF3O2/c1-15-13-19(32(29,30)17-9-5-6-10-17)20(22(28)25-15)18(14-16-7-3-2-4-8-16)21(27)26-23-24-11-12-31-23;3-2(4,5)1(6)7/h11-13,16-18H,2-10,14H2,1H3,(H,25,28)(H,24,26,27);(H,6,7). The molecule has 9 nitrogen and oxygen atoms in total. The predicted octanol–water partition coefficient (Wildman–Crippen LogP) is 5.18. The molecule has 0 spiro atoms. The van der Waals surface area contributed by atoms with Crippen molar-refractivity contribution in [3.05, 3.63) is 39.3 Å². The molecule has 2 aliphatic carbocycles. The van der Waals surface area contributed by atoms with Gasteiger partial charge in [0.15, 0.2) is 15.0 Å². The van der Waals surface area contributed by atoms with Crippen molar-refractivity contribution in [2.45, 2.75) is 93.4 Å². The van der Waals surface area contributed by atoms with Crippen LogP contribution in [0.15, 0.2) is 27.3 Å². The molecule has 2 aromatic rings. The summed E-state index contributed by atoms with van der Waals surface area (Å²) in [5.74, 6) is -3.66. The first-order valence-electron chi connectivity index (χ1n) is 12.8. The maximum Gasteiger partial charge on any atom is 0.490 e. The van der Waals surface area contributed by atoms with Crippen molar-refractivity contribution in [3.63, 3.8) is 0 Å². The molecule has 1 amide bonds. The summed E-state index contributed by atoms with van der Waals surface area (Å²) in [4.78, 5) is 42.5. The van der Waals surface area contributed by atoms with Gasteiger partial charge in [0, 0.05) is 22.8 Å². The van der Waals surface area contributed by atoms with Gasteiger partial charge in [-0.15, -0.1) is 11.3 Å². The average molecular weight is 592 g/mol. The Kier molecular flexibility index (Phi) is 10.3. The molecule has 0 bridgehead atoms. The van der Waals surface area contributed by atoms with E-state index >= 15 is 0 Å². The number of pyridine rings is 1. The van der Waals surface area contributed by atoms with Crippen molar-refractivity contribution < 1.29 is 36.3 Å². The second-order valence-corrected chi connectivity index (χ2v) is 13.0. The first-order chi connectivity index (χ1) is 18.3. The van der Waals surface area contributed by atoms with E-state index in [1.807, 2.05) is 0 Å². The van der Waals surface area contributed by atoms with Gasteiger partial charge in [-0.2, -0.15) is 13.2 Å². The zero-order valence-corrected chi connectivity index (χ0v) is 23.1. The predicted molar refractivity (Wildman–Crippen MR) is 140 cm³/mol. The third-order valence-electron chi connectivity index (χ3n) is 7.08. The normalized spacial score (nSPS) is 17.7. The van der Waals surface area contributed by atoms with E-state index in [1.165, 1.54) is 17.8 Å². The molecule has 4 rings (SSSR count). The third-order valence-corrected chi connectivity index (χ3v) is 10.1. The van der Waals surface area contributed by atoms with E-state index in [2.05, 4.69) is 15.3 Å². The lowest BCUT2D eigenvalue weighted by Gasteiger charge is -2.27. The highest BCUT2D eigenvalue weighted by atomic mass is 32.2. The number of aliphatic carboxylic acids is 1. The highest BCUT2D eigenvalue weighted by Gasteiger charge is 2.39. The first-order valence-corrected chi connectivity index (χ1v) is 15.2. The van der Waals surface area contributed by atoms with Gasteiger partial charge in [0.1, 0.15) is 0 Å². The molecule has 2 heterocycles. The number of nitrogens with zero attached hydrogens (tertiary/aromatic N) is 1. The molecule has 2 aromatic heterocycles. The second-order valence-electron chi connectivity index (χ2n) is 9.93. The van der Waals surface area contributed by atoms with Crippen LogP contribution in [0, 0.1) is 12.8 Å². The molecule has 1 unspecified atom stereocenters. The number of alkyl halides is 3. The van der Waals surface area contributed by atoms with E-state index in [0.717, 1.165) is 38.5 Å². The number of aryl methyl sites for hydroxylation is 1. The Bertz CT molecular complexity index is 1300. The smallest absolute Gasteiger partial charge is 0.475 e. The van der Waals surface area contributed by atoms with Gasteiger partial charge >= 0.3 is 12.1 Å².